The maximum Gasteiger partial charge on any atom is 0.397 e. The molecule has 7 nitrogen and oxygen atoms in total. The number of nitrogens with zero attached hydrogens (tertiary/aromatic N) is 5. The Bertz CT molecular complexity index is 785. The van der Waals surface area contributed by atoms with Gasteiger partial charge in [-0.15, -0.1) is 0 Å². The third-order valence-corrected chi connectivity index (χ3v) is 4.82. The largest absolute Gasteiger partial charge is 0.397 e. The number of fused-ring (bicyclic) bond motifs is 2. The zero-order chi connectivity index (χ0) is 17.0. The quantitative estimate of drug-likeness (QED) is 0.718. The van der Waals surface area contributed by atoms with Gasteiger partial charge in [-0.05, 0) is 12.1 Å². The van der Waals surface area contributed by atoms with Crippen LogP contribution in [-0.4, -0.2) is 71.3 Å². The second kappa shape index (κ2) is 5.15. The van der Waals surface area contributed by atoms with Gasteiger partial charge in [0.15, 0.2) is 0 Å². The number of hydrogen-bond donors (Lipinski definition) is 0. The van der Waals surface area contributed by atoms with E-state index in [1.54, 1.807) is 7.05 Å². The predicted octanol–water partition coefficient (Wildman–Crippen LogP) is 0.816. The Morgan fingerprint density at radius 1 is 1.12 bits per heavy atom. The number of guanidine groups is 1. The van der Waals surface area contributed by atoms with Crippen molar-refractivity contribution in [3.05, 3.63) is 30.3 Å². The molecule has 1 fully saturated rings. The Labute approximate surface area is 140 Å². The van der Waals surface area contributed by atoms with Gasteiger partial charge in [0.25, 0.3) is 5.91 Å². The minimum absolute atomic E-state index is 0.214. The number of imide groups is 1. The van der Waals surface area contributed by atoms with E-state index in [0.717, 1.165) is 24.7 Å². The first-order valence-corrected chi connectivity index (χ1v) is 8.09. The van der Waals surface area contributed by atoms with Gasteiger partial charge in [-0.2, -0.15) is 0 Å². The number of benzene rings is 1. The number of urea groups is 1. The van der Waals surface area contributed by atoms with Gasteiger partial charge in [0, 0.05) is 20.0 Å². The summed E-state index contributed by atoms with van der Waals surface area (Å²) in [6.07, 6.45) is 0. The number of hydrogen-bond acceptors (Lipinski definition) is 4. The van der Waals surface area contributed by atoms with Crippen LogP contribution in [0.4, 0.5) is 10.5 Å². The summed E-state index contributed by atoms with van der Waals surface area (Å²) in [5, 5.41) is 0. The molecule has 2 atom stereocenters. The van der Waals surface area contributed by atoms with Crippen LogP contribution >= 0.6 is 0 Å². The van der Waals surface area contributed by atoms with Crippen LogP contribution in [0.25, 0.3) is 0 Å². The van der Waals surface area contributed by atoms with Crippen LogP contribution < -0.4 is 4.90 Å². The number of carbonyl (C=O) groups excluding carboxylic acids is 2. The fourth-order valence-corrected chi connectivity index (χ4v) is 3.60. The normalized spacial score (nSPS) is 26.6. The van der Waals surface area contributed by atoms with E-state index in [-0.39, 0.29) is 11.9 Å². The number of carbonyl (C=O) groups is 2. The summed E-state index contributed by atoms with van der Waals surface area (Å²) >= 11 is 0. The van der Waals surface area contributed by atoms with E-state index in [1.807, 2.05) is 34.9 Å². The zero-order valence-corrected chi connectivity index (χ0v) is 14.0. The molecule has 3 heterocycles. The smallest absolute Gasteiger partial charge is 0.270 e. The molecule has 0 aliphatic carbocycles. The molecule has 7 heteroatoms. The molecule has 0 N–H and O–H groups in total. The Kier molecular flexibility index (Phi) is 3.19. The number of rotatable bonds is 1. The molecule has 0 bridgehead atoms. The average Bonchev–Trinajstić information content (AvgIpc) is 2.97. The molecule has 4 rings (SSSR count). The predicted molar refractivity (Wildman–Crippen MR) is 90.2 cm³/mol. The molecule has 24 heavy (non-hydrogen) atoms. The lowest BCUT2D eigenvalue weighted by atomic mass is 10.1. The van der Waals surface area contributed by atoms with Crippen LogP contribution in [0.2, 0.25) is 0 Å². The first kappa shape index (κ1) is 14.9. The van der Waals surface area contributed by atoms with E-state index < -0.39 is 6.04 Å². The highest BCUT2D eigenvalue weighted by molar-refractivity contribution is 6.23. The number of amidine groups is 1. The van der Waals surface area contributed by atoms with Crippen molar-refractivity contribution in [3.63, 3.8) is 0 Å². The fraction of sp³-hybridized carbons (Fsp3) is 0.412. The molecule has 0 spiro atoms. The van der Waals surface area contributed by atoms with Gasteiger partial charge in [-0.25, -0.2) is 14.3 Å². The van der Waals surface area contributed by atoms with Crippen LogP contribution in [0.1, 0.15) is 6.92 Å². The summed E-state index contributed by atoms with van der Waals surface area (Å²) in [5.41, 5.74) is 1.04. The fourth-order valence-electron chi connectivity index (χ4n) is 3.60. The maximum atomic E-state index is 12.7. The van der Waals surface area contributed by atoms with Crippen molar-refractivity contribution < 1.29 is 14.2 Å². The first-order valence-electron chi connectivity index (χ1n) is 8.09. The van der Waals surface area contributed by atoms with Crippen LogP contribution in [0.15, 0.2) is 35.3 Å². The van der Waals surface area contributed by atoms with Crippen molar-refractivity contribution in [2.75, 3.05) is 32.1 Å². The Hall–Kier alpha value is -2.70. The Balaban J connectivity index is 1.83. The van der Waals surface area contributed by atoms with Crippen LogP contribution in [0, 0.1) is 5.92 Å². The van der Waals surface area contributed by atoms with Gasteiger partial charge >= 0.3 is 12.0 Å². The van der Waals surface area contributed by atoms with Crippen molar-refractivity contribution in [1.29, 1.82) is 0 Å². The van der Waals surface area contributed by atoms with Crippen molar-refractivity contribution in [3.8, 4) is 0 Å². The van der Waals surface area contributed by atoms with Gasteiger partial charge in [0.2, 0.25) is 11.9 Å². The number of amides is 3. The summed E-state index contributed by atoms with van der Waals surface area (Å²) < 4.78 is 2.03. The Morgan fingerprint density at radius 3 is 2.54 bits per heavy atom. The molecule has 0 saturated carbocycles. The van der Waals surface area contributed by atoms with Crippen molar-refractivity contribution in [1.82, 2.24) is 9.80 Å². The zero-order valence-electron chi connectivity index (χ0n) is 14.0. The molecule has 1 aromatic carbocycles. The molecule has 0 radical (unpaired) electrons. The Morgan fingerprint density at radius 2 is 1.83 bits per heavy atom. The summed E-state index contributed by atoms with van der Waals surface area (Å²) in [6.45, 7) is 3.75. The van der Waals surface area contributed by atoms with E-state index in [2.05, 4.69) is 16.8 Å². The number of aliphatic imine (C=N–C) groups is 1. The van der Waals surface area contributed by atoms with Crippen LogP contribution in [-0.2, 0) is 4.79 Å². The molecule has 3 aliphatic rings. The average molecular weight is 326 g/mol. The van der Waals surface area contributed by atoms with Gasteiger partial charge in [0.1, 0.15) is 5.69 Å². The van der Waals surface area contributed by atoms with Crippen molar-refractivity contribution >= 4 is 29.4 Å². The molecule has 2 unspecified atom stereocenters. The van der Waals surface area contributed by atoms with Gasteiger partial charge in [-0.1, -0.05) is 30.1 Å². The van der Waals surface area contributed by atoms with Crippen molar-refractivity contribution in [2.45, 2.75) is 13.0 Å². The van der Waals surface area contributed by atoms with Crippen LogP contribution in [0.3, 0.4) is 0 Å². The van der Waals surface area contributed by atoms with E-state index in [9.17, 15) is 9.59 Å². The van der Waals surface area contributed by atoms with Crippen LogP contribution in [0.5, 0.6) is 0 Å². The topological polar surface area (TPSA) is 59.2 Å². The van der Waals surface area contributed by atoms with E-state index in [0.29, 0.717) is 11.8 Å². The van der Waals surface area contributed by atoms with E-state index in [1.165, 1.54) is 16.8 Å². The SMILES string of the molecule is CC1CN(c2ccccc2)C2=[N+](C1)C1C(=O)N(C)C(=O)N(C)C1=N2. The van der Waals surface area contributed by atoms with Gasteiger partial charge in [-0.3, -0.25) is 14.6 Å². The lowest BCUT2D eigenvalue weighted by Crippen LogP contribution is -2.62. The highest BCUT2D eigenvalue weighted by atomic mass is 16.2. The highest BCUT2D eigenvalue weighted by Gasteiger charge is 2.54. The molecule has 1 aromatic rings. The molecule has 3 aliphatic heterocycles. The lowest BCUT2D eigenvalue weighted by Gasteiger charge is -2.33. The third-order valence-electron chi connectivity index (χ3n) is 4.82. The van der Waals surface area contributed by atoms with E-state index in [4.69, 9.17) is 0 Å². The highest BCUT2D eigenvalue weighted by Crippen LogP contribution is 2.27. The molecule has 124 valence electrons. The molecule has 1 saturated heterocycles. The summed E-state index contributed by atoms with van der Waals surface area (Å²) in [6, 6.07) is 9.18. The minimum atomic E-state index is -0.512. The second-order valence-electron chi connectivity index (χ2n) is 6.62. The number of anilines is 1. The standard InChI is InChI=1S/C17H20N5O2/c1-11-9-21(12-7-5-4-6-8-12)16-18-14-13(22(16)10-11)15(23)20(3)17(24)19(14)2/h4-8,11,13H,9-10H2,1-3H3/q+1. The second-order valence-corrected chi connectivity index (χ2v) is 6.62. The number of para-hydroxylation sites is 1. The van der Waals surface area contributed by atoms with Crippen molar-refractivity contribution in [2.24, 2.45) is 10.9 Å². The third kappa shape index (κ3) is 1.97. The first-order chi connectivity index (χ1) is 11.5. The van der Waals surface area contributed by atoms with Gasteiger partial charge < -0.3 is 0 Å². The van der Waals surface area contributed by atoms with E-state index >= 15 is 0 Å². The summed E-state index contributed by atoms with van der Waals surface area (Å²) in [7, 11) is 3.20. The molecule has 3 amide bonds. The minimum Gasteiger partial charge on any atom is -0.270 e. The molecular formula is C17H20N5O2+. The lowest BCUT2D eigenvalue weighted by molar-refractivity contribution is -0.545. The molecular weight excluding hydrogens is 306 g/mol. The number of likely N-dealkylation sites (N-methyl/N-ethyl adjacent to an activating group) is 2. The molecule has 0 aromatic heterocycles. The summed E-state index contributed by atoms with van der Waals surface area (Å²) in [4.78, 5) is 34.4. The summed E-state index contributed by atoms with van der Waals surface area (Å²) in [5.74, 6) is 1.44. The van der Waals surface area contributed by atoms with Gasteiger partial charge in [0.05, 0.1) is 13.1 Å². The maximum absolute atomic E-state index is 12.7. The monoisotopic (exact) mass is 326 g/mol.